The third kappa shape index (κ3) is 6.79. The van der Waals surface area contributed by atoms with Crippen molar-refractivity contribution < 1.29 is 0 Å². The van der Waals surface area contributed by atoms with Gasteiger partial charge in [-0.2, -0.15) is 0 Å². The van der Waals surface area contributed by atoms with Gasteiger partial charge in [0.05, 0.1) is 7.57 Å². The van der Waals surface area contributed by atoms with Crippen LogP contribution in [0.4, 0.5) is 0 Å². The largest absolute Gasteiger partial charge is 0.128 e. The van der Waals surface area contributed by atoms with Crippen molar-refractivity contribution in [1.82, 2.24) is 0 Å². The highest BCUT2D eigenvalue weighted by Gasteiger charge is 2.11. The first-order chi connectivity index (χ1) is 14.6. The molecule has 0 amide bonds. The van der Waals surface area contributed by atoms with Gasteiger partial charge in [-0.1, -0.05) is 76.6 Å². The number of hydrogen-bond donors (Lipinski definition) is 0. The zero-order valence-electron chi connectivity index (χ0n) is 18.1. The van der Waals surface area contributed by atoms with Gasteiger partial charge in [0.2, 0.25) is 0 Å². The summed E-state index contributed by atoms with van der Waals surface area (Å²) in [5, 5.41) is 0. The van der Waals surface area contributed by atoms with Crippen LogP contribution in [0.5, 0.6) is 0 Å². The standard InChI is InChI=1S/C26H32Br2S2/c1-3-5-7-9-11-21-17-23(29-25(21)27)19-13-15-20(16-14-19)24-18-22(26(28)30-24)12-10-8-6-4-2/h13-18H,3-12H2,1-2H3. The fourth-order valence-corrected chi connectivity index (χ4v) is 7.27. The van der Waals surface area contributed by atoms with Gasteiger partial charge < -0.3 is 0 Å². The Morgan fingerprint density at radius 2 is 1.00 bits per heavy atom. The summed E-state index contributed by atoms with van der Waals surface area (Å²) in [5.74, 6) is 0. The number of aryl methyl sites for hydroxylation is 2. The molecule has 0 N–H and O–H groups in total. The van der Waals surface area contributed by atoms with Gasteiger partial charge in [-0.15, -0.1) is 22.7 Å². The van der Waals surface area contributed by atoms with Crippen LogP contribution in [0.1, 0.15) is 76.3 Å². The van der Waals surface area contributed by atoms with Crippen molar-refractivity contribution in [2.75, 3.05) is 0 Å². The highest BCUT2D eigenvalue weighted by Crippen LogP contribution is 2.39. The van der Waals surface area contributed by atoms with Gasteiger partial charge in [0, 0.05) is 9.75 Å². The van der Waals surface area contributed by atoms with Crippen LogP contribution in [0.2, 0.25) is 0 Å². The molecule has 0 aliphatic heterocycles. The first-order valence-corrected chi connectivity index (χ1v) is 14.5. The van der Waals surface area contributed by atoms with Crippen LogP contribution in [0.3, 0.4) is 0 Å². The molecular formula is C26H32Br2S2. The molecule has 0 saturated carbocycles. The monoisotopic (exact) mass is 566 g/mol. The number of unbranched alkanes of at least 4 members (excludes halogenated alkanes) is 6. The van der Waals surface area contributed by atoms with Crippen molar-refractivity contribution in [3.8, 4) is 20.9 Å². The highest BCUT2D eigenvalue weighted by atomic mass is 79.9. The Balaban J connectivity index is 1.65. The van der Waals surface area contributed by atoms with Crippen LogP contribution >= 0.6 is 54.5 Å². The van der Waals surface area contributed by atoms with Crippen LogP contribution in [0, 0.1) is 0 Å². The van der Waals surface area contributed by atoms with E-state index in [2.05, 4.69) is 82.1 Å². The van der Waals surface area contributed by atoms with Crippen molar-refractivity contribution in [3.63, 3.8) is 0 Å². The Morgan fingerprint density at radius 3 is 1.37 bits per heavy atom. The number of benzene rings is 1. The Hall–Kier alpha value is -0.420. The molecule has 0 aliphatic carbocycles. The minimum absolute atomic E-state index is 1.18. The van der Waals surface area contributed by atoms with Crippen LogP contribution in [-0.4, -0.2) is 0 Å². The Kier molecular flexibility index (Phi) is 10.2. The molecule has 3 rings (SSSR count). The Morgan fingerprint density at radius 1 is 0.600 bits per heavy atom. The Labute approximate surface area is 207 Å². The molecule has 0 fully saturated rings. The maximum Gasteiger partial charge on any atom is 0.0737 e. The molecule has 162 valence electrons. The average Bonchev–Trinajstić information content (AvgIpc) is 3.31. The third-order valence-corrected chi connectivity index (χ3v) is 9.59. The number of thiophene rings is 2. The van der Waals surface area contributed by atoms with Gasteiger partial charge in [-0.05, 0) is 91.9 Å². The van der Waals surface area contributed by atoms with E-state index < -0.39 is 0 Å². The van der Waals surface area contributed by atoms with Crippen molar-refractivity contribution in [2.45, 2.75) is 78.1 Å². The zero-order valence-corrected chi connectivity index (χ0v) is 22.9. The van der Waals surface area contributed by atoms with E-state index in [0.29, 0.717) is 0 Å². The smallest absolute Gasteiger partial charge is 0.0737 e. The average molecular weight is 568 g/mol. The van der Waals surface area contributed by atoms with Crippen LogP contribution in [-0.2, 0) is 12.8 Å². The van der Waals surface area contributed by atoms with E-state index in [1.54, 1.807) is 0 Å². The molecule has 2 aromatic heterocycles. The van der Waals surface area contributed by atoms with Crippen molar-refractivity contribution in [1.29, 1.82) is 0 Å². The lowest BCUT2D eigenvalue weighted by Gasteiger charge is -2.01. The van der Waals surface area contributed by atoms with Gasteiger partial charge in [0.15, 0.2) is 0 Å². The first-order valence-electron chi connectivity index (χ1n) is 11.3. The molecule has 0 bridgehead atoms. The van der Waals surface area contributed by atoms with E-state index >= 15 is 0 Å². The lowest BCUT2D eigenvalue weighted by Crippen LogP contribution is -1.84. The molecule has 0 spiro atoms. The second-order valence-electron chi connectivity index (χ2n) is 8.02. The quantitative estimate of drug-likeness (QED) is 0.191. The molecule has 4 heteroatoms. The summed E-state index contributed by atoms with van der Waals surface area (Å²) in [4.78, 5) is 2.73. The molecular weight excluding hydrogens is 536 g/mol. The second kappa shape index (κ2) is 12.6. The molecule has 0 unspecified atom stereocenters. The maximum atomic E-state index is 3.79. The van der Waals surface area contributed by atoms with E-state index in [1.165, 1.54) is 104 Å². The summed E-state index contributed by atoms with van der Waals surface area (Å²) in [6.07, 6.45) is 12.9. The molecule has 0 atom stereocenters. The van der Waals surface area contributed by atoms with Gasteiger partial charge in [0.25, 0.3) is 0 Å². The van der Waals surface area contributed by atoms with Crippen LogP contribution < -0.4 is 0 Å². The summed E-state index contributed by atoms with van der Waals surface area (Å²) >= 11 is 11.3. The van der Waals surface area contributed by atoms with Gasteiger partial charge in [-0.25, -0.2) is 0 Å². The highest BCUT2D eigenvalue weighted by molar-refractivity contribution is 9.11. The lowest BCUT2D eigenvalue weighted by atomic mass is 10.1. The second-order valence-corrected chi connectivity index (χ2v) is 12.8. The molecule has 30 heavy (non-hydrogen) atoms. The molecule has 0 saturated heterocycles. The van der Waals surface area contributed by atoms with E-state index in [0.717, 1.165) is 0 Å². The fourth-order valence-electron chi connectivity index (χ4n) is 3.72. The number of hydrogen-bond acceptors (Lipinski definition) is 2. The normalized spacial score (nSPS) is 11.3. The lowest BCUT2D eigenvalue weighted by molar-refractivity contribution is 0.667. The number of rotatable bonds is 12. The summed E-state index contributed by atoms with van der Waals surface area (Å²) in [6.45, 7) is 4.54. The summed E-state index contributed by atoms with van der Waals surface area (Å²) in [7, 11) is 0. The van der Waals surface area contributed by atoms with E-state index in [4.69, 9.17) is 0 Å². The van der Waals surface area contributed by atoms with E-state index in [9.17, 15) is 0 Å². The zero-order chi connectivity index (χ0) is 21.3. The van der Waals surface area contributed by atoms with Gasteiger partial charge >= 0.3 is 0 Å². The van der Waals surface area contributed by atoms with Crippen molar-refractivity contribution in [2.24, 2.45) is 0 Å². The maximum absolute atomic E-state index is 3.79. The first kappa shape index (κ1) is 24.2. The van der Waals surface area contributed by atoms with Gasteiger partial charge in [-0.3, -0.25) is 0 Å². The minimum Gasteiger partial charge on any atom is -0.128 e. The molecule has 2 heterocycles. The fraction of sp³-hybridized carbons (Fsp3) is 0.462. The van der Waals surface area contributed by atoms with Crippen LogP contribution in [0.15, 0.2) is 44.0 Å². The molecule has 1 aromatic carbocycles. The molecule has 3 aromatic rings. The predicted octanol–water partition coefficient (Wildman–Crippen LogP) is 10.9. The molecule has 0 aliphatic rings. The van der Waals surface area contributed by atoms with Crippen LogP contribution in [0.25, 0.3) is 20.9 Å². The summed E-state index contributed by atoms with van der Waals surface area (Å²) in [5.41, 5.74) is 5.56. The molecule has 0 nitrogen and oxygen atoms in total. The van der Waals surface area contributed by atoms with Crippen molar-refractivity contribution in [3.05, 3.63) is 55.1 Å². The Bertz CT molecular complexity index is 831. The number of halogens is 2. The van der Waals surface area contributed by atoms with E-state index in [-0.39, 0.29) is 0 Å². The van der Waals surface area contributed by atoms with Gasteiger partial charge in [0.1, 0.15) is 0 Å². The minimum atomic E-state index is 1.18. The SMILES string of the molecule is CCCCCCc1cc(-c2ccc(-c3cc(CCCCCC)c(Br)s3)cc2)sc1Br. The predicted molar refractivity (Wildman–Crippen MR) is 144 cm³/mol. The third-order valence-electron chi connectivity index (χ3n) is 5.57. The van der Waals surface area contributed by atoms with Crippen molar-refractivity contribution >= 4 is 54.5 Å². The topological polar surface area (TPSA) is 0 Å². The summed E-state index contributed by atoms with van der Waals surface area (Å²) in [6, 6.07) is 13.9. The summed E-state index contributed by atoms with van der Waals surface area (Å²) < 4.78 is 2.60. The molecule has 0 radical (unpaired) electrons. The van der Waals surface area contributed by atoms with E-state index in [1.807, 2.05) is 22.7 Å².